The van der Waals surface area contributed by atoms with Gasteiger partial charge in [0.05, 0.1) is 0 Å². The van der Waals surface area contributed by atoms with Gasteiger partial charge in [-0.05, 0) is 30.0 Å². The molecule has 0 aliphatic heterocycles. The fraction of sp³-hybridized carbons (Fsp3) is 0.467. The van der Waals surface area contributed by atoms with E-state index >= 15 is 0 Å². The number of guanidine groups is 1. The summed E-state index contributed by atoms with van der Waals surface area (Å²) in [6, 6.07) is 5.74. The minimum atomic E-state index is -0.453. The average Bonchev–Trinajstić information content (AvgIpc) is 2.38. The minimum absolute atomic E-state index is 0.221. The van der Waals surface area contributed by atoms with Gasteiger partial charge < -0.3 is 11.5 Å². The van der Waals surface area contributed by atoms with E-state index in [9.17, 15) is 4.79 Å². The molecule has 0 aromatic heterocycles. The van der Waals surface area contributed by atoms with Crippen molar-refractivity contribution in [2.45, 2.75) is 39.5 Å². The molecular formula is C15H24N4O. The van der Waals surface area contributed by atoms with E-state index < -0.39 is 6.03 Å². The van der Waals surface area contributed by atoms with E-state index in [1.807, 2.05) is 6.07 Å². The number of anilines is 1. The van der Waals surface area contributed by atoms with Crippen LogP contribution in [-0.2, 0) is 12.8 Å². The summed E-state index contributed by atoms with van der Waals surface area (Å²) in [6.45, 7) is 4.27. The van der Waals surface area contributed by atoms with E-state index in [4.69, 9.17) is 11.5 Å². The Hall–Kier alpha value is -2.04. The van der Waals surface area contributed by atoms with Crippen molar-refractivity contribution in [1.29, 1.82) is 0 Å². The molecule has 1 aromatic carbocycles. The number of hydrogen-bond acceptors (Lipinski definition) is 1. The van der Waals surface area contributed by atoms with Gasteiger partial charge in [0.1, 0.15) is 0 Å². The van der Waals surface area contributed by atoms with Crippen LogP contribution >= 0.6 is 0 Å². The number of amides is 2. The highest BCUT2D eigenvalue weighted by atomic mass is 16.2. The molecule has 0 heterocycles. The lowest BCUT2D eigenvalue weighted by atomic mass is 10.0. The van der Waals surface area contributed by atoms with Crippen LogP contribution in [0.15, 0.2) is 23.2 Å². The van der Waals surface area contributed by atoms with Gasteiger partial charge in [-0.25, -0.2) is 4.79 Å². The van der Waals surface area contributed by atoms with Gasteiger partial charge in [-0.3, -0.25) is 4.90 Å². The first-order chi connectivity index (χ1) is 9.49. The smallest absolute Gasteiger partial charge is 0.350 e. The third kappa shape index (κ3) is 4.26. The second-order valence-electron chi connectivity index (χ2n) is 4.84. The van der Waals surface area contributed by atoms with Gasteiger partial charge in [0, 0.05) is 12.7 Å². The summed E-state index contributed by atoms with van der Waals surface area (Å²) in [7, 11) is 1.68. The fourth-order valence-corrected chi connectivity index (χ4v) is 2.17. The van der Waals surface area contributed by atoms with Crippen LogP contribution in [0.1, 0.15) is 37.8 Å². The van der Waals surface area contributed by atoms with Crippen LogP contribution in [0.2, 0.25) is 0 Å². The Morgan fingerprint density at radius 2 is 1.85 bits per heavy atom. The monoisotopic (exact) mass is 276 g/mol. The van der Waals surface area contributed by atoms with Crippen molar-refractivity contribution in [2.75, 3.05) is 11.9 Å². The topological polar surface area (TPSA) is 84.7 Å². The van der Waals surface area contributed by atoms with Crippen LogP contribution in [0.3, 0.4) is 0 Å². The predicted octanol–water partition coefficient (Wildman–Crippen LogP) is 2.42. The normalized spacial score (nSPS) is 10.2. The maximum atomic E-state index is 11.9. The zero-order valence-electron chi connectivity index (χ0n) is 12.5. The number of benzene rings is 1. The van der Waals surface area contributed by atoms with Gasteiger partial charge in [0.2, 0.25) is 0 Å². The molecule has 5 heteroatoms. The first-order valence-electron chi connectivity index (χ1n) is 6.98. The van der Waals surface area contributed by atoms with Gasteiger partial charge in [0.25, 0.3) is 0 Å². The Labute approximate surface area is 120 Å². The molecule has 0 atom stereocenters. The van der Waals surface area contributed by atoms with Gasteiger partial charge in [0.15, 0.2) is 5.96 Å². The Morgan fingerprint density at radius 3 is 2.40 bits per heavy atom. The molecule has 0 spiro atoms. The number of aryl methyl sites for hydroxylation is 2. The highest BCUT2D eigenvalue weighted by Gasteiger charge is 2.14. The van der Waals surface area contributed by atoms with E-state index in [0.29, 0.717) is 0 Å². The lowest BCUT2D eigenvalue weighted by molar-refractivity contribution is 0.255. The fourth-order valence-electron chi connectivity index (χ4n) is 2.17. The number of nitrogens with zero attached hydrogens (tertiary/aromatic N) is 2. The molecule has 1 aromatic rings. The molecule has 0 unspecified atom stereocenters. The molecule has 110 valence electrons. The van der Waals surface area contributed by atoms with E-state index in [2.05, 4.69) is 31.0 Å². The van der Waals surface area contributed by atoms with Crippen LogP contribution in [0.5, 0.6) is 0 Å². The van der Waals surface area contributed by atoms with Gasteiger partial charge >= 0.3 is 6.03 Å². The Kier molecular flexibility index (Phi) is 6.03. The molecule has 0 aliphatic rings. The maximum absolute atomic E-state index is 11.9. The average molecular weight is 276 g/mol. The molecule has 2 amide bonds. The zero-order chi connectivity index (χ0) is 15.1. The van der Waals surface area contributed by atoms with Crippen LogP contribution in [0.4, 0.5) is 10.5 Å². The molecule has 0 saturated heterocycles. The minimum Gasteiger partial charge on any atom is -0.370 e. The van der Waals surface area contributed by atoms with Gasteiger partial charge in [-0.2, -0.15) is 4.99 Å². The van der Waals surface area contributed by atoms with Crippen LogP contribution in [-0.4, -0.2) is 19.0 Å². The Balaban J connectivity index is 3.09. The van der Waals surface area contributed by atoms with Crippen molar-refractivity contribution in [1.82, 2.24) is 0 Å². The van der Waals surface area contributed by atoms with Crippen LogP contribution < -0.4 is 16.4 Å². The van der Waals surface area contributed by atoms with E-state index in [0.717, 1.165) is 36.9 Å². The van der Waals surface area contributed by atoms with E-state index in [1.54, 1.807) is 7.05 Å². The largest absolute Gasteiger partial charge is 0.370 e. The Bertz CT molecular complexity index is 493. The summed E-state index contributed by atoms with van der Waals surface area (Å²) in [5, 5.41) is 0. The number of hydrogen-bond donors (Lipinski definition) is 2. The molecule has 0 aliphatic carbocycles. The lowest BCUT2D eigenvalue weighted by Gasteiger charge is -2.19. The van der Waals surface area contributed by atoms with Crippen molar-refractivity contribution < 1.29 is 4.79 Å². The van der Waals surface area contributed by atoms with Crippen molar-refractivity contribution in [3.05, 3.63) is 29.3 Å². The summed E-state index contributed by atoms with van der Waals surface area (Å²) in [5.74, 6) is -0.221. The first kappa shape index (κ1) is 16.0. The third-order valence-corrected chi connectivity index (χ3v) is 3.07. The maximum Gasteiger partial charge on any atom is 0.350 e. The molecule has 0 radical (unpaired) electrons. The van der Waals surface area contributed by atoms with Crippen LogP contribution in [0.25, 0.3) is 0 Å². The molecule has 0 bridgehead atoms. The number of nitrogens with two attached hydrogens (primary N) is 2. The lowest BCUT2D eigenvalue weighted by Crippen LogP contribution is -2.30. The van der Waals surface area contributed by atoms with Gasteiger partial charge in [-0.1, -0.05) is 38.8 Å². The summed E-state index contributed by atoms with van der Waals surface area (Å²) in [4.78, 5) is 17.0. The second-order valence-corrected chi connectivity index (χ2v) is 4.84. The number of urea groups is 1. The van der Waals surface area contributed by atoms with Crippen molar-refractivity contribution in [3.63, 3.8) is 0 Å². The molecule has 0 saturated carbocycles. The molecule has 1 rings (SSSR count). The van der Waals surface area contributed by atoms with E-state index in [1.165, 1.54) is 10.5 Å². The van der Waals surface area contributed by atoms with Gasteiger partial charge in [-0.15, -0.1) is 0 Å². The molecule has 5 nitrogen and oxygen atoms in total. The second kappa shape index (κ2) is 7.53. The number of aliphatic imine (C=N–C) groups is 1. The molecule has 20 heavy (non-hydrogen) atoms. The van der Waals surface area contributed by atoms with E-state index in [-0.39, 0.29) is 5.96 Å². The number of rotatable bonds is 5. The SMILES string of the molecule is CCCc1ccc(N(C)C(=O)N=C(N)N)c(CCC)c1. The van der Waals surface area contributed by atoms with Crippen LogP contribution in [0, 0.1) is 0 Å². The standard InChI is InChI=1S/C15H24N4O/c1-4-6-11-8-9-13(12(10-11)7-5-2)19(3)15(20)18-14(16)17/h8-10H,4-7H2,1-3H3,(H4,16,17,18,20). The molecular weight excluding hydrogens is 252 g/mol. The molecule has 4 N–H and O–H groups in total. The number of carbonyl (C=O) groups is 1. The van der Waals surface area contributed by atoms with Crippen molar-refractivity contribution in [3.8, 4) is 0 Å². The quantitative estimate of drug-likeness (QED) is 0.639. The third-order valence-electron chi connectivity index (χ3n) is 3.07. The summed E-state index contributed by atoms with van der Waals surface area (Å²) >= 11 is 0. The highest BCUT2D eigenvalue weighted by molar-refractivity contribution is 5.99. The summed E-state index contributed by atoms with van der Waals surface area (Å²) in [5.41, 5.74) is 13.8. The summed E-state index contributed by atoms with van der Waals surface area (Å²) < 4.78 is 0. The van der Waals surface area contributed by atoms with Crippen molar-refractivity contribution >= 4 is 17.7 Å². The van der Waals surface area contributed by atoms with Crippen molar-refractivity contribution in [2.24, 2.45) is 16.5 Å². The summed E-state index contributed by atoms with van der Waals surface area (Å²) in [6.07, 6.45) is 4.09. The molecule has 0 fully saturated rings. The number of carbonyl (C=O) groups excluding carboxylic acids is 1. The zero-order valence-corrected chi connectivity index (χ0v) is 12.5. The Morgan fingerprint density at radius 1 is 1.20 bits per heavy atom. The highest BCUT2D eigenvalue weighted by Crippen LogP contribution is 2.24. The predicted molar refractivity (Wildman–Crippen MR) is 84.0 cm³/mol. The first-order valence-corrected chi connectivity index (χ1v) is 6.98.